The fourth-order valence-corrected chi connectivity index (χ4v) is 3.37. The summed E-state index contributed by atoms with van der Waals surface area (Å²) in [6, 6.07) is 15.4. The van der Waals surface area contributed by atoms with E-state index in [1.807, 2.05) is 30.3 Å². The van der Waals surface area contributed by atoms with Crippen LogP contribution in [0.1, 0.15) is 17.0 Å². The summed E-state index contributed by atoms with van der Waals surface area (Å²) in [6.07, 6.45) is -1.92. The second-order valence-electron chi connectivity index (χ2n) is 5.75. The van der Waals surface area contributed by atoms with Gasteiger partial charge in [0.2, 0.25) is 0 Å². The van der Waals surface area contributed by atoms with Crippen molar-refractivity contribution < 1.29 is 13.2 Å². The fraction of sp³-hybridized carbons (Fsp3) is 0.100. The van der Waals surface area contributed by atoms with Gasteiger partial charge in [0.15, 0.2) is 0 Å². The van der Waals surface area contributed by atoms with Crippen molar-refractivity contribution in [3.8, 4) is 0 Å². The van der Waals surface area contributed by atoms with Crippen LogP contribution in [0.5, 0.6) is 0 Å². The highest BCUT2D eigenvalue weighted by Gasteiger charge is 2.39. The first kappa shape index (κ1) is 19.1. The molecule has 0 aromatic heterocycles. The molecule has 3 aromatic rings. The molecule has 0 amide bonds. The standard InChI is InChI=1S/C20H12Cl3F3/c21-17-10-14(11-18(22)19(17)23)16(20(24,25)26)9-8-13-6-3-5-12-4-1-2-7-15(12)13/h1-11,16H/b9-8+. The second kappa shape index (κ2) is 7.51. The molecule has 1 unspecified atom stereocenters. The van der Waals surface area contributed by atoms with Crippen molar-refractivity contribution in [3.63, 3.8) is 0 Å². The van der Waals surface area contributed by atoms with Crippen molar-refractivity contribution in [1.29, 1.82) is 0 Å². The first-order valence-electron chi connectivity index (χ1n) is 7.64. The highest BCUT2D eigenvalue weighted by atomic mass is 35.5. The molecule has 26 heavy (non-hydrogen) atoms. The Morgan fingerprint density at radius 3 is 2.12 bits per heavy atom. The molecule has 0 heterocycles. The predicted octanol–water partition coefficient (Wildman–Crippen LogP) is 8.16. The van der Waals surface area contributed by atoms with Crippen LogP contribution in [0.3, 0.4) is 0 Å². The van der Waals surface area contributed by atoms with E-state index in [1.54, 1.807) is 12.1 Å². The predicted molar refractivity (Wildman–Crippen MR) is 103 cm³/mol. The van der Waals surface area contributed by atoms with Gasteiger partial charge in [-0.3, -0.25) is 0 Å². The van der Waals surface area contributed by atoms with Crippen molar-refractivity contribution in [2.24, 2.45) is 0 Å². The van der Waals surface area contributed by atoms with Crippen LogP contribution in [0.2, 0.25) is 15.1 Å². The lowest BCUT2D eigenvalue weighted by atomic mass is 9.96. The largest absolute Gasteiger partial charge is 0.399 e. The molecule has 0 aliphatic heterocycles. The Morgan fingerprint density at radius 2 is 1.46 bits per heavy atom. The van der Waals surface area contributed by atoms with Crippen LogP contribution < -0.4 is 0 Å². The minimum atomic E-state index is -4.50. The molecule has 0 aliphatic carbocycles. The van der Waals surface area contributed by atoms with Gasteiger partial charge in [0, 0.05) is 0 Å². The Kier molecular flexibility index (Phi) is 5.52. The number of benzene rings is 3. The monoisotopic (exact) mass is 414 g/mol. The molecule has 0 bridgehead atoms. The number of allylic oxidation sites excluding steroid dienone is 1. The van der Waals surface area contributed by atoms with Crippen LogP contribution in [0.15, 0.2) is 60.7 Å². The van der Waals surface area contributed by atoms with Gasteiger partial charge in [0.25, 0.3) is 0 Å². The third kappa shape index (κ3) is 4.01. The summed E-state index contributed by atoms with van der Waals surface area (Å²) in [5.41, 5.74) is 0.636. The van der Waals surface area contributed by atoms with E-state index in [0.717, 1.165) is 16.8 Å². The van der Waals surface area contributed by atoms with Gasteiger partial charge in [-0.2, -0.15) is 13.2 Å². The van der Waals surface area contributed by atoms with Gasteiger partial charge in [-0.05, 0) is 34.0 Å². The molecule has 1 atom stereocenters. The van der Waals surface area contributed by atoms with E-state index in [4.69, 9.17) is 34.8 Å². The molecule has 3 rings (SSSR count). The Bertz CT molecular complexity index is 949. The average molecular weight is 416 g/mol. The second-order valence-corrected chi connectivity index (χ2v) is 6.94. The minimum Gasteiger partial charge on any atom is -0.170 e. The molecular formula is C20H12Cl3F3. The first-order chi connectivity index (χ1) is 12.3. The normalized spacial score (nSPS) is 13.5. The topological polar surface area (TPSA) is 0 Å². The van der Waals surface area contributed by atoms with Gasteiger partial charge in [-0.1, -0.05) is 89.4 Å². The molecule has 0 radical (unpaired) electrons. The molecule has 0 saturated heterocycles. The van der Waals surface area contributed by atoms with E-state index in [0.29, 0.717) is 5.56 Å². The molecule has 0 aliphatic rings. The lowest BCUT2D eigenvalue weighted by Gasteiger charge is -2.18. The molecule has 0 spiro atoms. The molecule has 0 saturated carbocycles. The Labute approximate surface area is 163 Å². The molecular weight excluding hydrogens is 404 g/mol. The molecule has 0 N–H and O–H groups in total. The highest BCUT2D eigenvalue weighted by Crippen LogP contribution is 2.41. The van der Waals surface area contributed by atoms with Gasteiger partial charge >= 0.3 is 6.18 Å². The summed E-state index contributed by atoms with van der Waals surface area (Å²) in [5.74, 6) is -1.85. The van der Waals surface area contributed by atoms with Gasteiger partial charge in [-0.25, -0.2) is 0 Å². The zero-order chi connectivity index (χ0) is 18.9. The number of rotatable bonds is 3. The van der Waals surface area contributed by atoms with Crippen molar-refractivity contribution in [2.45, 2.75) is 12.1 Å². The molecule has 0 fully saturated rings. The zero-order valence-electron chi connectivity index (χ0n) is 13.2. The van der Waals surface area contributed by atoms with Gasteiger partial charge < -0.3 is 0 Å². The van der Waals surface area contributed by atoms with Crippen LogP contribution in [0.4, 0.5) is 13.2 Å². The van der Waals surface area contributed by atoms with E-state index >= 15 is 0 Å². The number of alkyl halides is 3. The van der Waals surface area contributed by atoms with Crippen molar-refractivity contribution >= 4 is 51.7 Å². The summed E-state index contributed by atoms with van der Waals surface area (Å²) >= 11 is 17.6. The molecule has 134 valence electrons. The zero-order valence-corrected chi connectivity index (χ0v) is 15.5. The fourth-order valence-electron chi connectivity index (χ4n) is 2.76. The van der Waals surface area contributed by atoms with Gasteiger partial charge in [0.1, 0.15) is 0 Å². The van der Waals surface area contributed by atoms with Crippen LogP contribution in [0, 0.1) is 0 Å². The first-order valence-corrected chi connectivity index (χ1v) is 8.78. The summed E-state index contributed by atoms with van der Waals surface area (Å²) in [6.45, 7) is 0. The Balaban J connectivity index is 2.06. The Morgan fingerprint density at radius 1 is 0.846 bits per heavy atom. The Hall–Kier alpha value is -1.68. The van der Waals surface area contributed by atoms with Crippen LogP contribution in [-0.4, -0.2) is 6.18 Å². The van der Waals surface area contributed by atoms with Crippen molar-refractivity contribution in [1.82, 2.24) is 0 Å². The minimum absolute atomic E-state index is 0.0121. The van der Waals surface area contributed by atoms with Gasteiger partial charge in [0.05, 0.1) is 21.0 Å². The molecule has 0 nitrogen and oxygen atoms in total. The van der Waals surface area contributed by atoms with E-state index in [2.05, 4.69) is 0 Å². The van der Waals surface area contributed by atoms with Crippen LogP contribution in [0.25, 0.3) is 16.8 Å². The van der Waals surface area contributed by atoms with Crippen LogP contribution in [-0.2, 0) is 0 Å². The lowest BCUT2D eigenvalue weighted by molar-refractivity contribution is -0.139. The van der Waals surface area contributed by atoms with Crippen molar-refractivity contribution in [2.75, 3.05) is 0 Å². The maximum Gasteiger partial charge on any atom is 0.399 e. The number of fused-ring (bicyclic) bond motifs is 1. The van der Waals surface area contributed by atoms with Crippen LogP contribution >= 0.6 is 34.8 Å². The van der Waals surface area contributed by atoms with Gasteiger partial charge in [-0.15, -0.1) is 0 Å². The summed E-state index contributed by atoms with van der Waals surface area (Å²) in [5, 5.41) is 1.84. The average Bonchev–Trinajstić information content (AvgIpc) is 2.58. The third-order valence-electron chi connectivity index (χ3n) is 4.01. The molecule has 6 heteroatoms. The smallest absolute Gasteiger partial charge is 0.170 e. The van der Waals surface area contributed by atoms with Crippen molar-refractivity contribution in [3.05, 3.63) is 86.9 Å². The van der Waals surface area contributed by atoms with E-state index in [9.17, 15) is 13.2 Å². The number of hydrogen-bond acceptors (Lipinski definition) is 0. The number of halogens is 6. The third-order valence-corrected chi connectivity index (χ3v) is 5.21. The summed E-state index contributed by atoms with van der Waals surface area (Å²) in [7, 11) is 0. The van der Waals surface area contributed by atoms with E-state index < -0.39 is 12.1 Å². The maximum absolute atomic E-state index is 13.6. The van der Waals surface area contributed by atoms with E-state index in [-0.39, 0.29) is 20.6 Å². The lowest BCUT2D eigenvalue weighted by Crippen LogP contribution is -2.19. The summed E-state index contributed by atoms with van der Waals surface area (Å²) in [4.78, 5) is 0. The molecule has 3 aromatic carbocycles. The van der Waals surface area contributed by atoms with E-state index in [1.165, 1.54) is 18.2 Å². The highest BCUT2D eigenvalue weighted by molar-refractivity contribution is 6.48. The quantitative estimate of drug-likeness (QED) is 0.378. The number of hydrogen-bond donors (Lipinski definition) is 0. The summed E-state index contributed by atoms with van der Waals surface area (Å²) < 4.78 is 40.8. The maximum atomic E-state index is 13.6. The SMILES string of the molecule is FC(F)(F)C(/C=C/c1cccc2ccccc12)c1cc(Cl)c(Cl)c(Cl)c1.